The molecule has 0 aliphatic carbocycles. The van der Waals surface area contributed by atoms with Gasteiger partial charge in [0.15, 0.2) is 12.1 Å². The molecule has 0 unspecified atom stereocenters. The fourth-order valence-electron chi connectivity index (χ4n) is 8.83. The highest BCUT2D eigenvalue weighted by Crippen LogP contribution is 2.35. The summed E-state index contributed by atoms with van der Waals surface area (Å²) in [6, 6.07) is -0.632. The van der Waals surface area contributed by atoms with Gasteiger partial charge in [0.1, 0.15) is 12.2 Å². The smallest absolute Gasteiger partial charge is 0.308 e. The summed E-state index contributed by atoms with van der Waals surface area (Å²) in [5, 5.41) is 34.2. The Morgan fingerprint density at radius 2 is 1.54 bits per heavy atom. The van der Waals surface area contributed by atoms with Gasteiger partial charge in [-0.25, -0.2) is 0 Å². The van der Waals surface area contributed by atoms with Gasteiger partial charge in [0.2, 0.25) is 0 Å². The van der Waals surface area contributed by atoms with Crippen molar-refractivity contribution in [2.45, 2.75) is 148 Å². The van der Waals surface area contributed by atoms with Crippen molar-refractivity contribution in [1.29, 1.82) is 0 Å². The number of carbonyl (C=O) groups is 2. The van der Waals surface area contributed by atoms with Crippen molar-refractivity contribution in [2.24, 2.45) is 23.7 Å². The van der Waals surface area contributed by atoms with Crippen molar-refractivity contribution in [3.8, 4) is 0 Å². The second-order valence-electron chi connectivity index (χ2n) is 16.6. The van der Waals surface area contributed by atoms with Crippen LogP contribution in [-0.2, 0) is 23.8 Å². The molecule has 11 heteroatoms. The fourth-order valence-corrected chi connectivity index (χ4v) is 8.83. The molecule has 3 N–H and O–H groups in total. The third-order valence-corrected chi connectivity index (χ3v) is 12.1. The first-order chi connectivity index (χ1) is 24.8. The number of cyclic esters (lactones) is 1. The Balaban J connectivity index is 1.68. The lowest BCUT2D eigenvalue weighted by atomic mass is 9.79. The first-order valence-electron chi connectivity index (χ1n) is 20.3. The fraction of sp³-hybridized carbons (Fsp3) is 0.854. The van der Waals surface area contributed by atoms with Gasteiger partial charge in [0, 0.05) is 24.3 Å². The molecule has 4 aliphatic rings. The van der Waals surface area contributed by atoms with Crippen LogP contribution >= 0.6 is 0 Å². The van der Waals surface area contributed by atoms with E-state index in [2.05, 4.69) is 15.9 Å². The summed E-state index contributed by atoms with van der Waals surface area (Å²) in [5.41, 5.74) is 0.954. The van der Waals surface area contributed by atoms with Crippen LogP contribution in [0.5, 0.6) is 0 Å². The van der Waals surface area contributed by atoms with Crippen LogP contribution in [0.2, 0.25) is 0 Å². The van der Waals surface area contributed by atoms with Crippen LogP contribution in [0, 0.1) is 23.7 Å². The summed E-state index contributed by atoms with van der Waals surface area (Å²) >= 11 is 0. The number of likely N-dealkylation sites (tertiary alicyclic amines) is 2. The van der Waals surface area contributed by atoms with Crippen molar-refractivity contribution >= 4 is 11.8 Å². The molecule has 0 bridgehead atoms. The highest BCUT2D eigenvalue weighted by Gasteiger charge is 2.47. The van der Waals surface area contributed by atoms with E-state index in [-0.39, 0.29) is 36.1 Å². The van der Waals surface area contributed by atoms with Crippen molar-refractivity contribution in [3.63, 3.8) is 0 Å². The highest BCUT2D eigenvalue weighted by atomic mass is 16.7. The number of allylic oxidation sites excluding steroid dienone is 3. The molecule has 0 aromatic rings. The van der Waals surface area contributed by atoms with Crippen LogP contribution in [0.15, 0.2) is 23.8 Å². The average molecular weight is 734 g/mol. The highest BCUT2D eigenvalue weighted by molar-refractivity contribution is 5.91. The van der Waals surface area contributed by atoms with E-state index in [1.54, 1.807) is 32.0 Å². The Hall–Kier alpha value is -1.70. The lowest BCUT2D eigenvalue weighted by molar-refractivity contribution is -0.304. The van der Waals surface area contributed by atoms with Gasteiger partial charge >= 0.3 is 5.97 Å². The molecule has 3 fully saturated rings. The molecule has 52 heavy (non-hydrogen) atoms. The Morgan fingerprint density at radius 1 is 0.904 bits per heavy atom. The molecule has 3 saturated heterocycles. The lowest BCUT2D eigenvalue weighted by Crippen LogP contribution is -2.63. The van der Waals surface area contributed by atoms with Crippen LogP contribution < -0.4 is 0 Å². The maximum absolute atomic E-state index is 13.8. The third kappa shape index (κ3) is 12.2. The number of nitrogens with zero attached hydrogens (tertiary/aromatic N) is 3. The van der Waals surface area contributed by atoms with E-state index in [9.17, 15) is 24.9 Å². The number of likely N-dealkylation sites (N-methyl/N-ethyl adjacent to an activating group) is 1. The monoisotopic (exact) mass is 734 g/mol. The average Bonchev–Trinajstić information content (AvgIpc) is 3.12. The minimum absolute atomic E-state index is 0.0270. The van der Waals surface area contributed by atoms with E-state index in [0.717, 1.165) is 70.5 Å². The van der Waals surface area contributed by atoms with Gasteiger partial charge < -0.3 is 44.2 Å². The van der Waals surface area contributed by atoms with Crippen molar-refractivity contribution in [1.82, 2.24) is 14.7 Å². The van der Waals surface area contributed by atoms with Gasteiger partial charge in [0.25, 0.3) is 0 Å². The number of esters is 1. The van der Waals surface area contributed by atoms with Crippen LogP contribution in [0.4, 0.5) is 0 Å². The minimum atomic E-state index is -1.17. The number of ether oxygens (including phenoxy) is 3. The number of hydrogen-bond acceptors (Lipinski definition) is 11. The van der Waals surface area contributed by atoms with E-state index in [4.69, 9.17) is 14.2 Å². The summed E-state index contributed by atoms with van der Waals surface area (Å²) in [7, 11) is 3.60. The zero-order valence-electron chi connectivity index (χ0n) is 33.2. The molecule has 0 aromatic carbocycles. The summed E-state index contributed by atoms with van der Waals surface area (Å²) in [6.45, 7) is 15.3. The van der Waals surface area contributed by atoms with Crippen LogP contribution in [0.3, 0.4) is 0 Å². The van der Waals surface area contributed by atoms with Crippen molar-refractivity contribution in [3.05, 3.63) is 23.8 Å². The maximum atomic E-state index is 13.8. The molecule has 4 heterocycles. The van der Waals surface area contributed by atoms with Crippen molar-refractivity contribution < 1.29 is 39.1 Å². The molecule has 298 valence electrons. The third-order valence-electron chi connectivity index (χ3n) is 12.1. The Morgan fingerprint density at radius 3 is 2.15 bits per heavy atom. The summed E-state index contributed by atoms with van der Waals surface area (Å²) in [5.74, 6) is -1.58. The zero-order valence-corrected chi connectivity index (χ0v) is 33.2. The quantitative estimate of drug-likeness (QED) is 0.295. The van der Waals surface area contributed by atoms with E-state index in [0.29, 0.717) is 19.3 Å². The molecule has 12 atom stereocenters. The summed E-state index contributed by atoms with van der Waals surface area (Å²) in [6.07, 6.45) is 8.49. The predicted molar refractivity (Wildman–Crippen MR) is 203 cm³/mol. The normalized spacial score (nSPS) is 38.6. The first kappa shape index (κ1) is 43.0. The topological polar surface area (TPSA) is 132 Å². The molecule has 0 amide bonds. The number of rotatable bonds is 9. The van der Waals surface area contributed by atoms with Gasteiger partial charge in [-0.2, -0.15) is 0 Å². The number of piperidine rings is 2. The first-order valence-corrected chi connectivity index (χ1v) is 20.3. The maximum Gasteiger partial charge on any atom is 0.308 e. The second kappa shape index (κ2) is 20.8. The van der Waals surface area contributed by atoms with E-state index in [1.807, 2.05) is 33.8 Å². The number of aliphatic hydroxyl groups excluding tert-OH is 3. The number of carbonyl (C=O) groups excluding carboxylic acids is 2. The van der Waals surface area contributed by atoms with Gasteiger partial charge in [0.05, 0.1) is 36.9 Å². The molecule has 0 spiro atoms. The van der Waals surface area contributed by atoms with E-state index >= 15 is 0 Å². The van der Waals surface area contributed by atoms with E-state index in [1.165, 1.54) is 12.8 Å². The van der Waals surface area contributed by atoms with Gasteiger partial charge in [-0.05, 0) is 118 Å². The second-order valence-corrected chi connectivity index (χ2v) is 16.6. The SMILES string of the molecule is CC[C@H]1OC(=O)C[C@@H](O)[C@H](C)[C@@H](O[C@@H]2O[C@H](C)[C@@H](O)[C@H](N(C)C)[C@H]2O)[C@@H](CCN2CCCCC2)C[C@@H](C)C(=O)C=CC(C)=C[C@@H]1CN1CCCCC1. The number of aliphatic hydroxyl groups is 3. The van der Waals surface area contributed by atoms with Gasteiger partial charge in [-0.1, -0.05) is 51.3 Å². The minimum Gasteiger partial charge on any atom is -0.462 e. The molecular formula is C41H71N3O8. The summed E-state index contributed by atoms with van der Waals surface area (Å²) < 4.78 is 19.1. The Bertz CT molecular complexity index is 1170. The molecule has 0 radical (unpaired) electrons. The van der Waals surface area contributed by atoms with Gasteiger partial charge in [-0.3, -0.25) is 9.59 Å². The number of ketones is 1. The van der Waals surface area contributed by atoms with E-state index < -0.39 is 54.7 Å². The molecule has 4 rings (SSSR count). The van der Waals surface area contributed by atoms with Crippen LogP contribution in [0.1, 0.15) is 98.8 Å². The van der Waals surface area contributed by atoms with Crippen LogP contribution in [0.25, 0.3) is 0 Å². The Kier molecular flexibility index (Phi) is 17.2. The Labute approximate surface area is 313 Å². The largest absolute Gasteiger partial charge is 0.462 e. The zero-order chi connectivity index (χ0) is 37.9. The number of hydrogen-bond donors (Lipinski definition) is 3. The molecule has 0 saturated carbocycles. The molecule has 4 aliphatic heterocycles. The standard InChI is InChI=1S/C41H71N3O8/c1-8-35-32(26-44-20-13-10-14-21-44)23-27(2)15-16-33(45)28(3)24-31(17-22-43-18-11-9-12-19-43)40(29(4)34(46)25-36(47)51-35)52-41-39(49)37(42(6)7)38(48)30(5)50-41/h15-16,23,28-32,34-35,37-41,46,48-49H,8-14,17-22,24-26H2,1-7H3/t28-,29+,30-,31+,32-,34-,35-,37+,38-,39-,40-,41+/m1/s1. The van der Waals surface area contributed by atoms with Gasteiger partial charge in [-0.15, -0.1) is 0 Å². The van der Waals surface area contributed by atoms with Crippen LogP contribution in [-0.4, -0.2) is 144 Å². The summed E-state index contributed by atoms with van der Waals surface area (Å²) in [4.78, 5) is 34.1. The van der Waals surface area contributed by atoms with Crippen molar-refractivity contribution in [2.75, 3.05) is 53.4 Å². The molecule has 0 aromatic heterocycles. The molecule has 11 nitrogen and oxygen atoms in total. The predicted octanol–water partition coefficient (Wildman–Crippen LogP) is 4.18. The molecular weight excluding hydrogens is 662 g/mol. The lowest BCUT2D eigenvalue weighted by Gasteiger charge is -2.47.